The fourth-order valence-corrected chi connectivity index (χ4v) is 3.66. The molecule has 0 spiro atoms. The number of anilines is 2. The highest BCUT2D eigenvalue weighted by atomic mass is 19.1. The number of aliphatic imine (C=N–C) groups is 1. The number of nitrogens with zero attached hydrogens (tertiary/aromatic N) is 3. The molecule has 1 atom stereocenters. The zero-order valence-electron chi connectivity index (χ0n) is 17.1. The summed E-state index contributed by atoms with van der Waals surface area (Å²) in [6.07, 6.45) is -0.168. The molecule has 7 nitrogen and oxygen atoms in total. The van der Waals surface area contributed by atoms with E-state index in [0.29, 0.717) is 32.1 Å². The van der Waals surface area contributed by atoms with Crippen LogP contribution in [-0.4, -0.2) is 54.9 Å². The van der Waals surface area contributed by atoms with Gasteiger partial charge in [-0.25, -0.2) is 13.8 Å². The maximum absolute atomic E-state index is 13.9. The second kappa shape index (κ2) is 8.71. The number of guanidine groups is 1. The van der Waals surface area contributed by atoms with Gasteiger partial charge in [-0.1, -0.05) is 6.07 Å². The van der Waals surface area contributed by atoms with Crippen molar-refractivity contribution in [2.45, 2.75) is 19.4 Å². The van der Waals surface area contributed by atoms with Crippen molar-refractivity contribution >= 4 is 29.1 Å². The lowest BCUT2D eigenvalue weighted by Gasteiger charge is -2.36. The van der Waals surface area contributed by atoms with E-state index in [9.17, 15) is 18.4 Å². The van der Waals surface area contributed by atoms with Crippen molar-refractivity contribution in [1.29, 1.82) is 0 Å². The molecular formula is C22H23F2N5O2. The lowest BCUT2D eigenvalue weighted by molar-refractivity contribution is -0.124. The predicted octanol–water partition coefficient (Wildman–Crippen LogP) is 2.28. The number of amides is 2. The number of halogens is 2. The predicted molar refractivity (Wildman–Crippen MR) is 114 cm³/mol. The van der Waals surface area contributed by atoms with E-state index in [1.54, 1.807) is 25.1 Å². The highest BCUT2D eigenvalue weighted by Gasteiger charge is 2.32. The third-order valence-electron chi connectivity index (χ3n) is 5.36. The summed E-state index contributed by atoms with van der Waals surface area (Å²) in [7, 11) is 0. The minimum atomic E-state index is -0.848. The van der Waals surface area contributed by atoms with Crippen LogP contribution in [0.2, 0.25) is 0 Å². The summed E-state index contributed by atoms with van der Waals surface area (Å²) in [5.74, 6) is -1.18. The van der Waals surface area contributed by atoms with Gasteiger partial charge in [-0.15, -0.1) is 0 Å². The Bertz CT molecular complexity index is 1020. The van der Waals surface area contributed by atoms with Crippen molar-refractivity contribution in [2.24, 2.45) is 4.99 Å². The highest BCUT2D eigenvalue weighted by molar-refractivity contribution is 6.07. The average Bonchev–Trinajstić information content (AvgIpc) is 3.11. The minimum absolute atomic E-state index is 0.0788. The van der Waals surface area contributed by atoms with E-state index in [1.165, 1.54) is 24.3 Å². The van der Waals surface area contributed by atoms with Crippen LogP contribution >= 0.6 is 0 Å². The Labute approximate surface area is 178 Å². The molecule has 2 N–H and O–H groups in total. The van der Waals surface area contributed by atoms with Crippen LogP contribution in [0.15, 0.2) is 47.5 Å². The lowest BCUT2D eigenvalue weighted by Crippen LogP contribution is -2.52. The summed E-state index contributed by atoms with van der Waals surface area (Å²) in [5.41, 5.74) is 1.77. The third kappa shape index (κ3) is 4.82. The molecule has 0 radical (unpaired) electrons. The minimum Gasteiger partial charge on any atom is -0.368 e. The molecule has 2 heterocycles. The number of carbonyl (C=O) groups excluding carboxylic acids is 2. The van der Waals surface area contributed by atoms with Crippen LogP contribution < -0.4 is 15.5 Å². The van der Waals surface area contributed by atoms with Crippen LogP contribution in [-0.2, 0) is 9.59 Å². The number of carbonyl (C=O) groups is 2. The van der Waals surface area contributed by atoms with Crippen molar-refractivity contribution in [3.8, 4) is 0 Å². The van der Waals surface area contributed by atoms with Gasteiger partial charge in [-0.3, -0.25) is 14.9 Å². The molecule has 2 aliphatic rings. The van der Waals surface area contributed by atoms with Crippen molar-refractivity contribution < 1.29 is 18.4 Å². The molecule has 0 saturated carbocycles. The summed E-state index contributed by atoms with van der Waals surface area (Å²) in [4.78, 5) is 33.0. The van der Waals surface area contributed by atoms with E-state index < -0.39 is 17.8 Å². The third-order valence-corrected chi connectivity index (χ3v) is 5.36. The van der Waals surface area contributed by atoms with E-state index in [1.807, 2.05) is 4.90 Å². The second-order valence-electron chi connectivity index (χ2n) is 7.64. The zero-order valence-corrected chi connectivity index (χ0v) is 17.1. The van der Waals surface area contributed by atoms with Gasteiger partial charge in [0.15, 0.2) is 0 Å². The maximum Gasteiger partial charge on any atom is 0.252 e. The molecule has 31 heavy (non-hydrogen) atoms. The van der Waals surface area contributed by atoms with E-state index in [4.69, 9.17) is 0 Å². The smallest absolute Gasteiger partial charge is 0.252 e. The fraction of sp³-hybridized carbons (Fsp3) is 0.318. The van der Waals surface area contributed by atoms with E-state index >= 15 is 0 Å². The number of nitrogens with one attached hydrogen (secondary N) is 2. The normalized spacial score (nSPS) is 18.6. The largest absolute Gasteiger partial charge is 0.368 e. The number of hydrogen-bond acceptors (Lipinski definition) is 5. The molecule has 9 heteroatoms. The van der Waals surface area contributed by atoms with E-state index in [0.717, 1.165) is 11.3 Å². The first-order valence-electron chi connectivity index (χ1n) is 10.1. The van der Waals surface area contributed by atoms with Gasteiger partial charge in [0.1, 0.15) is 17.7 Å². The quantitative estimate of drug-likeness (QED) is 0.785. The second-order valence-corrected chi connectivity index (χ2v) is 7.64. The van der Waals surface area contributed by atoms with Crippen LogP contribution in [0, 0.1) is 18.6 Å². The van der Waals surface area contributed by atoms with Gasteiger partial charge >= 0.3 is 0 Å². The summed E-state index contributed by atoms with van der Waals surface area (Å²) >= 11 is 0. The molecule has 0 bridgehead atoms. The molecule has 2 aliphatic heterocycles. The van der Waals surface area contributed by atoms with E-state index in [2.05, 4.69) is 20.5 Å². The summed E-state index contributed by atoms with van der Waals surface area (Å²) in [6, 6.07) is 10.0. The number of piperazine rings is 1. The van der Waals surface area contributed by atoms with Crippen LogP contribution in [0.3, 0.4) is 0 Å². The van der Waals surface area contributed by atoms with Crippen LogP contribution in [0.1, 0.15) is 12.0 Å². The average molecular weight is 427 g/mol. The highest BCUT2D eigenvalue weighted by Crippen LogP contribution is 2.19. The molecule has 4 rings (SSSR count). The monoisotopic (exact) mass is 427 g/mol. The maximum atomic E-state index is 13.9. The molecule has 0 aromatic heterocycles. The Morgan fingerprint density at radius 3 is 2.45 bits per heavy atom. The zero-order chi connectivity index (χ0) is 22.0. The Morgan fingerprint density at radius 1 is 1.10 bits per heavy atom. The molecule has 1 unspecified atom stereocenters. The Kier molecular flexibility index (Phi) is 5.83. The van der Waals surface area contributed by atoms with Gasteiger partial charge in [-0.05, 0) is 48.9 Å². The van der Waals surface area contributed by atoms with Gasteiger partial charge in [0, 0.05) is 31.9 Å². The van der Waals surface area contributed by atoms with Crippen molar-refractivity contribution in [2.75, 3.05) is 36.4 Å². The standard InChI is InChI=1S/C22H23F2N5O2/c1-14-2-7-18(17(24)12-14)25-20(30)13-19-21(31)27-22(26-19)29-10-8-28(9-11-29)16-5-3-15(23)4-6-16/h2-7,12,19H,8-11,13H2,1H3,(H,25,30)(H,26,27,31). The van der Waals surface area contributed by atoms with Crippen LogP contribution in [0.4, 0.5) is 20.2 Å². The lowest BCUT2D eigenvalue weighted by atomic mass is 10.2. The van der Waals surface area contributed by atoms with Gasteiger partial charge in [0.05, 0.1) is 12.1 Å². The first kappa shape index (κ1) is 20.8. The van der Waals surface area contributed by atoms with Crippen LogP contribution in [0.25, 0.3) is 0 Å². The van der Waals surface area contributed by atoms with E-state index in [-0.39, 0.29) is 23.8 Å². The Hall–Kier alpha value is -3.49. The van der Waals surface area contributed by atoms with Gasteiger partial charge in [0.2, 0.25) is 11.9 Å². The first-order chi connectivity index (χ1) is 14.9. The molecule has 2 aromatic carbocycles. The van der Waals surface area contributed by atoms with Crippen molar-refractivity contribution in [1.82, 2.24) is 10.2 Å². The first-order valence-corrected chi connectivity index (χ1v) is 10.1. The molecule has 162 valence electrons. The topological polar surface area (TPSA) is 77.0 Å². The number of rotatable bonds is 4. The number of hydrogen-bond donors (Lipinski definition) is 2. The molecule has 0 aliphatic carbocycles. The summed E-state index contributed by atoms with van der Waals surface area (Å²) in [5, 5.41) is 5.24. The molecule has 2 aromatic rings. The molecule has 1 saturated heterocycles. The van der Waals surface area contributed by atoms with Crippen molar-refractivity contribution in [3.63, 3.8) is 0 Å². The summed E-state index contributed by atoms with van der Waals surface area (Å²) < 4.78 is 27.0. The number of benzene rings is 2. The molecular weight excluding hydrogens is 404 g/mol. The Balaban J connectivity index is 1.33. The number of aryl methyl sites for hydroxylation is 1. The SMILES string of the molecule is Cc1ccc(NC(=O)CC2N=C(N3CCN(c4ccc(F)cc4)CC3)NC2=O)c(F)c1. The van der Waals surface area contributed by atoms with Gasteiger partial charge in [-0.2, -0.15) is 0 Å². The molecule has 2 amide bonds. The van der Waals surface area contributed by atoms with Crippen molar-refractivity contribution in [3.05, 3.63) is 59.7 Å². The van der Waals surface area contributed by atoms with Gasteiger partial charge < -0.3 is 15.1 Å². The molecule has 1 fully saturated rings. The van der Waals surface area contributed by atoms with Gasteiger partial charge in [0.25, 0.3) is 5.91 Å². The Morgan fingerprint density at radius 2 is 1.77 bits per heavy atom. The summed E-state index contributed by atoms with van der Waals surface area (Å²) in [6.45, 7) is 4.40. The van der Waals surface area contributed by atoms with Crippen LogP contribution in [0.5, 0.6) is 0 Å². The fourth-order valence-electron chi connectivity index (χ4n) is 3.66.